The number of carboxylic acid groups (broad SMARTS) is 1. The zero-order chi connectivity index (χ0) is 16.1. The molecule has 1 aromatic carbocycles. The predicted molar refractivity (Wildman–Crippen MR) is 81.5 cm³/mol. The summed E-state index contributed by atoms with van der Waals surface area (Å²) in [5.74, 6) is -1.56. The van der Waals surface area contributed by atoms with E-state index in [1.54, 1.807) is 0 Å². The Bertz CT molecular complexity index is 560. The minimum absolute atomic E-state index is 0.0266. The number of carbonyl (C=O) groups is 2. The van der Waals surface area contributed by atoms with Crippen LogP contribution in [0.4, 0.5) is 10.1 Å². The third-order valence-corrected chi connectivity index (χ3v) is 4.08. The van der Waals surface area contributed by atoms with Crippen LogP contribution in [0.15, 0.2) is 18.2 Å². The molecule has 0 bridgehead atoms. The number of nitrogens with one attached hydrogen (secondary N) is 1. The summed E-state index contributed by atoms with van der Waals surface area (Å²) in [4.78, 5) is 24.8. The van der Waals surface area contributed by atoms with Crippen molar-refractivity contribution < 1.29 is 19.1 Å². The Morgan fingerprint density at radius 3 is 2.64 bits per heavy atom. The molecule has 1 heterocycles. The van der Waals surface area contributed by atoms with Crippen molar-refractivity contribution >= 4 is 29.2 Å². The minimum Gasteiger partial charge on any atom is -0.481 e. The van der Waals surface area contributed by atoms with Gasteiger partial charge in [0.15, 0.2) is 0 Å². The molecule has 5 nitrogen and oxygen atoms in total. The summed E-state index contributed by atoms with van der Waals surface area (Å²) < 4.78 is 13.1. The number of aliphatic carboxylic acids is 1. The number of nitrogens with zero attached hydrogens (tertiary/aromatic N) is 1. The zero-order valence-corrected chi connectivity index (χ0v) is 12.8. The van der Waals surface area contributed by atoms with Crippen LogP contribution in [-0.2, 0) is 9.59 Å². The van der Waals surface area contributed by atoms with Crippen molar-refractivity contribution in [3.05, 3.63) is 29.0 Å². The average Bonchev–Trinajstić information content (AvgIpc) is 2.49. The summed E-state index contributed by atoms with van der Waals surface area (Å²) in [5, 5.41) is 11.4. The Kier molecular flexibility index (Phi) is 5.74. The van der Waals surface area contributed by atoms with Gasteiger partial charge in [-0.2, -0.15) is 0 Å². The van der Waals surface area contributed by atoms with Gasteiger partial charge in [0.2, 0.25) is 5.91 Å². The number of piperidine rings is 1. The minimum atomic E-state index is -0.812. The molecule has 1 fully saturated rings. The van der Waals surface area contributed by atoms with Crippen LogP contribution in [0.25, 0.3) is 0 Å². The van der Waals surface area contributed by atoms with E-state index in [9.17, 15) is 14.0 Å². The van der Waals surface area contributed by atoms with Gasteiger partial charge in [-0.3, -0.25) is 9.59 Å². The Morgan fingerprint density at radius 2 is 2.05 bits per heavy atom. The van der Waals surface area contributed by atoms with Crippen LogP contribution in [0.1, 0.15) is 19.3 Å². The second-order valence-corrected chi connectivity index (χ2v) is 5.78. The number of rotatable bonds is 5. The molecule has 1 saturated heterocycles. The number of carboxylic acids is 1. The molecule has 1 aliphatic rings. The van der Waals surface area contributed by atoms with E-state index in [2.05, 4.69) is 5.32 Å². The van der Waals surface area contributed by atoms with Crippen molar-refractivity contribution in [3.8, 4) is 0 Å². The van der Waals surface area contributed by atoms with Crippen molar-refractivity contribution in [2.75, 3.05) is 25.0 Å². The fourth-order valence-corrected chi connectivity index (χ4v) is 2.67. The first kappa shape index (κ1) is 16.7. The molecule has 0 saturated carbocycles. The first-order valence-corrected chi connectivity index (χ1v) is 7.53. The molecule has 0 unspecified atom stereocenters. The van der Waals surface area contributed by atoms with Gasteiger partial charge in [0.25, 0.3) is 0 Å². The van der Waals surface area contributed by atoms with Crippen LogP contribution in [0.5, 0.6) is 0 Å². The fourth-order valence-electron chi connectivity index (χ4n) is 2.49. The third-order valence-electron chi connectivity index (χ3n) is 3.79. The second-order valence-electron chi connectivity index (χ2n) is 5.38. The van der Waals surface area contributed by atoms with E-state index in [-0.39, 0.29) is 23.3 Å². The molecule has 0 aliphatic carbocycles. The summed E-state index contributed by atoms with van der Waals surface area (Å²) in [5.41, 5.74) is 0.477. The summed E-state index contributed by atoms with van der Waals surface area (Å²) in [7, 11) is 0. The number of hydrogen-bond donors (Lipinski definition) is 2. The van der Waals surface area contributed by atoms with Gasteiger partial charge in [-0.25, -0.2) is 4.39 Å². The van der Waals surface area contributed by atoms with Crippen LogP contribution < -0.4 is 5.32 Å². The Balaban J connectivity index is 1.82. The van der Waals surface area contributed by atoms with Gasteiger partial charge >= 0.3 is 5.97 Å². The molecule has 7 heteroatoms. The fraction of sp³-hybridized carbons (Fsp3) is 0.467. The normalized spacial score (nSPS) is 16.5. The van der Waals surface area contributed by atoms with E-state index in [0.29, 0.717) is 38.2 Å². The maximum absolute atomic E-state index is 13.1. The molecular weight excluding hydrogens is 311 g/mol. The van der Waals surface area contributed by atoms with Crippen LogP contribution >= 0.6 is 11.6 Å². The number of hydrogen-bond acceptors (Lipinski definition) is 3. The molecule has 2 rings (SSSR count). The lowest BCUT2D eigenvalue weighted by molar-refractivity contribution is -0.137. The van der Waals surface area contributed by atoms with E-state index in [1.165, 1.54) is 18.2 Å². The lowest BCUT2D eigenvalue weighted by atomic mass is 9.95. The van der Waals surface area contributed by atoms with E-state index >= 15 is 0 Å². The number of carbonyl (C=O) groups excluding carboxylic acids is 1. The van der Waals surface area contributed by atoms with E-state index in [0.717, 1.165) is 0 Å². The number of halogens is 2. The standard InChI is InChI=1S/C15H18ClFN2O3/c16-12-9-11(1-2-13(12)17)18-15(22)10-3-6-19(7-4-10)8-5-14(20)21/h1-2,9-10H,3-8H2,(H,18,22)(H,20,21). The highest BCUT2D eigenvalue weighted by Gasteiger charge is 2.25. The van der Waals surface area contributed by atoms with Crippen molar-refractivity contribution in [2.45, 2.75) is 19.3 Å². The first-order chi connectivity index (χ1) is 10.5. The van der Waals surface area contributed by atoms with Gasteiger partial charge in [-0.15, -0.1) is 0 Å². The molecule has 1 aliphatic heterocycles. The SMILES string of the molecule is O=C(O)CCN1CCC(C(=O)Nc2ccc(F)c(Cl)c2)CC1. The maximum Gasteiger partial charge on any atom is 0.304 e. The maximum atomic E-state index is 13.1. The summed E-state index contributed by atoms with van der Waals surface area (Å²) in [6, 6.07) is 4.07. The van der Waals surface area contributed by atoms with Crippen LogP contribution in [0, 0.1) is 11.7 Å². The van der Waals surface area contributed by atoms with Gasteiger partial charge in [-0.1, -0.05) is 11.6 Å². The molecule has 120 valence electrons. The molecule has 0 spiro atoms. The number of amides is 1. The molecule has 0 aromatic heterocycles. The average molecular weight is 329 g/mol. The highest BCUT2D eigenvalue weighted by atomic mass is 35.5. The molecule has 1 aromatic rings. The number of anilines is 1. The molecule has 1 amide bonds. The summed E-state index contributed by atoms with van der Waals surface area (Å²) >= 11 is 5.68. The van der Waals surface area contributed by atoms with E-state index in [1.807, 2.05) is 4.90 Å². The second kappa shape index (κ2) is 7.56. The molecule has 22 heavy (non-hydrogen) atoms. The molecular formula is C15H18ClFN2O3. The van der Waals surface area contributed by atoms with Crippen molar-refractivity contribution in [1.82, 2.24) is 4.90 Å². The quantitative estimate of drug-likeness (QED) is 0.871. The van der Waals surface area contributed by atoms with Gasteiger partial charge in [-0.05, 0) is 44.1 Å². The zero-order valence-electron chi connectivity index (χ0n) is 12.0. The topological polar surface area (TPSA) is 69.6 Å². The van der Waals surface area contributed by atoms with Crippen molar-refractivity contribution in [1.29, 1.82) is 0 Å². The van der Waals surface area contributed by atoms with Gasteiger partial charge in [0.05, 0.1) is 11.4 Å². The number of benzene rings is 1. The number of likely N-dealkylation sites (tertiary alicyclic amines) is 1. The molecule has 2 N–H and O–H groups in total. The van der Waals surface area contributed by atoms with Crippen molar-refractivity contribution in [3.63, 3.8) is 0 Å². The molecule has 0 radical (unpaired) electrons. The van der Waals surface area contributed by atoms with Crippen LogP contribution in [0.2, 0.25) is 5.02 Å². The highest BCUT2D eigenvalue weighted by Crippen LogP contribution is 2.22. The first-order valence-electron chi connectivity index (χ1n) is 7.16. The largest absolute Gasteiger partial charge is 0.481 e. The Labute approximate surface area is 133 Å². The Hall–Kier alpha value is -1.66. The lowest BCUT2D eigenvalue weighted by Crippen LogP contribution is -2.39. The van der Waals surface area contributed by atoms with E-state index < -0.39 is 11.8 Å². The van der Waals surface area contributed by atoms with Gasteiger partial charge in [0.1, 0.15) is 5.82 Å². The van der Waals surface area contributed by atoms with Crippen molar-refractivity contribution in [2.24, 2.45) is 5.92 Å². The predicted octanol–water partition coefficient (Wildman–Crippen LogP) is 2.60. The highest BCUT2D eigenvalue weighted by molar-refractivity contribution is 6.31. The third kappa shape index (κ3) is 4.68. The van der Waals surface area contributed by atoms with Crippen LogP contribution in [0.3, 0.4) is 0 Å². The van der Waals surface area contributed by atoms with Gasteiger partial charge in [0, 0.05) is 18.2 Å². The monoisotopic (exact) mass is 328 g/mol. The summed E-state index contributed by atoms with van der Waals surface area (Å²) in [6.07, 6.45) is 1.48. The molecule has 0 atom stereocenters. The summed E-state index contributed by atoms with van der Waals surface area (Å²) in [6.45, 7) is 1.92. The Morgan fingerprint density at radius 1 is 1.36 bits per heavy atom. The van der Waals surface area contributed by atoms with Crippen LogP contribution in [-0.4, -0.2) is 41.5 Å². The smallest absolute Gasteiger partial charge is 0.304 e. The van der Waals surface area contributed by atoms with E-state index in [4.69, 9.17) is 16.7 Å². The van der Waals surface area contributed by atoms with Gasteiger partial charge < -0.3 is 15.3 Å². The lowest BCUT2D eigenvalue weighted by Gasteiger charge is -2.30.